The zero-order valence-corrected chi connectivity index (χ0v) is 23.4. The molecule has 0 heterocycles. The maximum absolute atomic E-state index is 13.8. The molecule has 3 rings (SSSR count). The number of benzene rings is 2. The SMILES string of the molecule is CCC(C(=O)NC1CCCC1)N(Cc1ccc(C)cc1)C(=O)CN(c1cc(Cl)ccc1OC)S(C)(=O)=O. The average molecular weight is 550 g/mol. The Morgan fingerprint density at radius 2 is 1.78 bits per heavy atom. The smallest absolute Gasteiger partial charge is 0.244 e. The van der Waals surface area contributed by atoms with Crippen molar-refractivity contribution >= 4 is 39.1 Å². The van der Waals surface area contributed by atoms with Crippen LogP contribution in [0, 0.1) is 6.92 Å². The van der Waals surface area contributed by atoms with Crippen LogP contribution in [0.2, 0.25) is 5.02 Å². The maximum atomic E-state index is 13.8. The summed E-state index contributed by atoms with van der Waals surface area (Å²) in [6.07, 6.45) is 5.39. The van der Waals surface area contributed by atoms with Gasteiger partial charge in [-0.1, -0.05) is 61.2 Å². The fraction of sp³-hybridized carbons (Fsp3) is 0.481. The van der Waals surface area contributed by atoms with Crippen LogP contribution in [0.25, 0.3) is 0 Å². The molecule has 1 aliphatic rings. The molecule has 0 radical (unpaired) electrons. The van der Waals surface area contributed by atoms with Gasteiger partial charge in [0.2, 0.25) is 21.8 Å². The standard InChI is InChI=1S/C27H36ClN3O5S/c1-5-23(27(33)29-22-8-6-7-9-22)30(17-20-12-10-19(2)11-13-20)26(32)18-31(37(4,34)35)24-16-21(28)14-15-25(24)36-3/h10-16,22-23H,5-9,17-18H2,1-4H3,(H,29,33). The number of methoxy groups -OCH3 is 1. The quantitative estimate of drug-likeness (QED) is 0.451. The van der Waals surface area contributed by atoms with Crippen molar-refractivity contribution in [2.24, 2.45) is 0 Å². The van der Waals surface area contributed by atoms with Gasteiger partial charge in [0, 0.05) is 17.6 Å². The molecular formula is C27H36ClN3O5S. The highest BCUT2D eigenvalue weighted by molar-refractivity contribution is 7.92. The number of halogens is 1. The number of nitrogens with zero attached hydrogens (tertiary/aromatic N) is 2. The van der Waals surface area contributed by atoms with Gasteiger partial charge in [-0.3, -0.25) is 13.9 Å². The van der Waals surface area contributed by atoms with E-state index in [9.17, 15) is 18.0 Å². The first-order valence-corrected chi connectivity index (χ1v) is 14.7. The van der Waals surface area contributed by atoms with Crippen molar-refractivity contribution in [3.05, 3.63) is 58.6 Å². The summed E-state index contributed by atoms with van der Waals surface area (Å²) in [6, 6.07) is 11.6. The Morgan fingerprint density at radius 1 is 1.14 bits per heavy atom. The van der Waals surface area contributed by atoms with Gasteiger partial charge in [0.05, 0.1) is 19.1 Å². The Hall–Kier alpha value is -2.78. The van der Waals surface area contributed by atoms with Gasteiger partial charge >= 0.3 is 0 Å². The third-order valence-electron chi connectivity index (χ3n) is 6.65. The van der Waals surface area contributed by atoms with Crippen molar-refractivity contribution in [3.8, 4) is 5.75 Å². The number of anilines is 1. The molecule has 0 spiro atoms. The molecule has 10 heteroatoms. The number of sulfonamides is 1. The third kappa shape index (κ3) is 7.61. The second-order valence-corrected chi connectivity index (χ2v) is 11.9. The number of carbonyl (C=O) groups is 2. The summed E-state index contributed by atoms with van der Waals surface area (Å²) >= 11 is 6.16. The van der Waals surface area contributed by atoms with Crippen LogP contribution in [-0.2, 0) is 26.2 Å². The van der Waals surface area contributed by atoms with E-state index in [2.05, 4.69) is 5.32 Å². The van der Waals surface area contributed by atoms with Gasteiger partial charge in [-0.05, 0) is 49.9 Å². The molecule has 0 aliphatic heterocycles. The summed E-state index contributed by atoms with van der Waals surface area (Å²) in [6.45, 7) is 3.48. The number of carbonyl (C=O) groups excluding carboxylic acids is 2. The van der Waals surface area contributed by atoms with E-state index in [1.807, 2.05) is 38.1 Å². The van der Waals surface area contributed by atoms with Crippen LogP contribution in [0.1, 0.15) is 50.2 Å². The predicted molar refractivity (Wildman–Crippen MR) is 146 cm³/mol. The number of amides is 2. The molecule has 0 aromatic heterocycles. The zero-order valence-electron chi connectivity index (χ0n) is 21.9. The Bertz CT molecular complexity index is 1200. The lowest BCUT2D eigenvalue weighted by molar-refractivity contribution is -0.140. The number of hydrogen-bond acceptors (Lipinski definition) is 5. The molecule has 202 valence electrons. The molecule has 1 N–H and O–H groups in total. The van der Waals surface area contributed by atoms with Crippen LogP contribution < -0.4 is 14.4 Å². The lowest BCUT2D eigenvalue weighted by atomic mass is 10.1. The molecule has 1 aliphatic carbocycles. The van der Waals surface area contributed by atoms with Gasteiger partial charge in [-0.15, -0.1) is 0 Å². The Kier molecular flexibility index (Phi) is 9.84. The van der Waals surface area contributed by atoms with Crippen molar-refractivity contribution in [1.29, 1.82) is 0 Å². The summed E-state index contributed by atoms with van der Waals surface area (Å²) in [5.74, 6) is -0.457. The number of hydrogen-bond donors (Lipinski definition) is 1. The Labute approximate surface area is 225 Å². The highest BCUT2D eigenvalue weighted by Gasteiger charge is 2.33. The average Bonchev–Trinajstić information content (AvgIpc) is 3.35. The Morgan fingerprint density at radius 3 is 2.35 bits per heavy atom. The molecule has 0 saturated heterocycles. The van der Waals surface area contributed by atoms with E-state index in [-0.39, 0.29) is 29.9 Å². The molecule has 1 saturated carbocycles. The van der Waals surface area contributed by atoms with Crippen LogP contribution >= 0.6 is 11.6 Å². The van der Waals surface area contributed by atoms with Crippen LogP contribution in [0.15, 0.2) is 42.5 Å². The van der Waals surface area contributed by atoms with Gasteiger partial charge in [0.15, 0.2) is 0 Å². The van der Waals surface area contributed by atoms with Crippen LogP contribution in [-0.4, -0.2) is 57.1 Å². The van der Waals surface area contributed by atoms with Gasteiger partial charge in [-0.25, -0.2) is 8.42 Å². The fourth-order valence-corrected chi connectivity index (χ4v) is 5.64. The minimum Gasteiger partial charge on any atom is -0.495 e. The first-order chi connectivity index (χ1) is 17.5. The molecule has 37 heavy (non-hydrogen) atoms. The molecule has 1 fully saturated rings. The number of rotatable bonds is 11. The molecular weight excluding hydrogens is 514 g/mol. The highest BCUT2D eigenvalue weighted by Crippen LogP contribution is 2.33. The van der Waals surface area contributed by atoms with Crippen LogP contribution in [0.4, 0.5) is 5.69 Å². The van der Waals surface area contributed by atoms with Crippen molar-refractivity contribution in [3.63, 3.8) is 0 Å². The third-order valence-corrected chi connectivity index (χ3v) is 8.01. The summed E-state index contributed by atoms with van der Waals surface area (Å²) in [4.78, 5) is 28.7. The summed E-state index contributed by atoms with van der Waals surface area (Å²) in [7, 11) is -2.48. The number of nitrogens with one attached hydrogen (secondary N) is 1. The lowest BCUT2D eigenvalue weighted by Gasteiger charge is -2.33. The van der Waals surface area contributed by atoms with E-state index in [1.165, 1.54) is 18.1 Å². The monoisotopic (exact) mass is 549 g/mol. The van der Waals surface area contributed by atoms with Gasteiger partial charge < -0.3 is 15.0 Å². The van der Waals surface area contributed by atoms with E-state index >= 15 is 0 Å². The van der Waals surface area contributed by atoms with Crippen LogP contribution in [0.3, 0.4) is 0 Å². The minimum atomic E-state index is -3.90. The second-order valence-electron chi connectivity index (χ2n) is 9.51. The van der Waals surface area contributed by atoms with Crippen molar-refractivity contribution in [2.45, 2.75) is 64.6 Å². The molecule has 2 aromatic carbocycles. The molecule has 8 nitrogen and oxygen atoms in total. The van der Waals surface area contributed by atoms with Crippen molar-refractivity contribution in [1.82, 2.24) is 10.2 Å². The maximum Gasteiger partial charge on any atom is 0.244 e. The normalized spacial score (nSPS) is 14.7. The number of ether oxygens (including phenoxy) is 1. The topological polar surface area (TPSA) is 96.0 Å². The fourth-order valence-electron chi connectivity index (χ4n) is 4.63. The van der Waals surface area contributed by atoms with Crippen molar-refractivity contribution < 1.29 is 22.7 Å². The van der Waals surface area contributed by atoms with E-state index in [0.717, 1.165) is 47.4 Å². The summed E-state index contributed by atoms with van der Waals surface area (Å²) in [5, 5.41) is 3.40. The lowest BCUT2D eigenvalue weighted by Crippen LogP contribution is -2.53. The summed E-state index contributed by atoms with van der Waals surface area (Å²) < 4.78 is 32.0. The minimum absolute atomic E-state index is 0.0983. The number of aryl methyl sites for hydroxylation is 1. The van der Waals surface area contributed by atoms with Crippen LogP contribution in [0.5, 0.6) is 5.75 Å². The van der Waals surface area contributed by atoms with E-state index in [1.54, 1.807) is 12.1 Å². The van der Waals surface area contributed by atoms with E-state index < -0.39 is 28.5 Å². The van der Waals surface area contributed by atoms with Gasteiger partial charge in [-0.2, -0.15) is 0 Å². The van der Waals surface area contributed by atoms with E-state index in [0.29, 0.717) is 11.4 Å². The van der Waals surface area contributed by atoms with Gasteiger partial charge in [0.25, 0.3) is 0 Å². The predicted octanol–water partition coefficient (Wildman–Crippen LogP) is 4.29. The molecule has 0 bridgehead atoms. The molecule has 2 aromatic rings. The molecule has 2 amide bonds. The van der Waals surface area contributed by atoms with Gasteiger partial charge in [0.1, 0.15) is 18.3 Å². The Balaban J connectivity index is 1.96. The first-order valence-electron chi connectivity index (χ1n) is 12.5. The first kappa shape index (κ1) is 28.8. The largest absolute Gasteiger partial charge is 0.495 e. The summed E-state index contributed by atoms with van der Waals surface area (Å²) in [5.41, 5.74) is 2.07. The highest BCUT2D eigenvalue weighted by atomic mass is 35.5. The molecule has 1 atom stereocenters. The van der Waals surface area contributed by atoms with Crippen molar-refractivity contribution in [2.75, 3.05) is 24.2 Å². The second kappa shape index (κ2) is 12.6. The van der Waals surface area contributed by atoms with E-state index in [4.69, 9.17) is 16.3 Å². The molecule has 1 unspecified atom stereocenters. The zero-order chi connectivity index (χ0) is 27.2.